The van der Waals surface area contributed by atoms with Crippen LogP contribution in [0.4, 0.5) is 0 Å². The van der Waals surface area contributed by atoms with Crippen LogP contribution in [0, 0.1) is 11.3 Å². The smallest absolute Gasteiger partial charge is 0.223 e. The minimum absolute atomic E-state index is 0.234. The third-order valence-corrected chi connectivity index (χ3v) is 6.91. The highest BCUT2D eigenvalue weighted by Crippen LogP contribution is 2.58. The van der Waals surface area contributed by atoms with Crippen molar-refractivity contribution in [3.8, 4) is 5.75 Å². The van der Waals surface area contributed by atoms with E-state index >= 15 is 0 Å². The van der Waals surface area contributed by atoms with Crippen LogP contribution in [0.3, 0.4) is 0 Å². The summed E-state index contributed by atoms with van der Waals surface area (Å²) in [6, 6.07) is 8.60. The molecule has 1 aromatic rings. The standard InChI is InChI=1S/C22H33N3O2/c1-27-18-7-5-17(6-8-18)20(25-13-3-2-4-14-25)16-24-21(26)19-15-22(19)9-11-23-12-10-22/h5-8,19-20,23H,2-4,9-16H2,1H3,(H,24,26). The average molecular weight is 372 g/mol. The van der Waals surface area contributed by atoms with Gasteiger partial charge in [-0.25, -0.2) is 0 Å². The van der Waals surface area contributed by atoms with Crippen molar-refractivity contribution in [3.63, 3.8) is 0 Å². The zero-order chi connectivity index (χ0) is 18.7. The van der Waals surface area contributed by atoms with E-state index in [0.717, 1.165) is 51.2 Å². The molecule has 2 atom stereocenters. The molecule has 2 unspecified atom stereocenters. The molecule has 1 saturated carbocycles. The lowest BCUT2D eigenvalue weighted by Gasteiger charge is -2.35. The summed E-state index contributed by atoms with van der Waals surface area (Å²) in [5, 5.41) is 6.72. The largest absolute Gasteiger partial charge is 0.497 e. The number of methoxy groups -OCH3 is 1. The third kappa shape index (κ3) is 4.14. The molecule has 2 saturated heterocycles. The molecule has 0 aromatic heterocycles. The summed E-state index contributed by atoms with van der Waals surface area (Å²) in [6.45, 7) is 5.06. The number of hydrogen-bond donors (Lipinski definition) is 2. The molecule has 5 heteroatoms. The summed E-state index contributed by atoms with van der Waals surface area (Å²) in [5.41, 5.74) is 1.57. The van der Waals surface area contributed by atoms with Gasteiger partial charge in [-0.2, -0.15) is 0 Å². The minimum Gasteiger partial charge on any atom is -0.497 e. The van der Waals surface area contributed by atoms with E-state index in [1.54, 1.807) is 7.11 Å². The van der Waals surface area contributed by atoms with Crippen LogP contribution in [-0.2, 0) is 4.79 Å². The van der Waals surface area contributed by atoms with Gasteiger partial charge in [-0.3, -0.25) is 9.69 Å². The van der Waals surface area contributed by atoms with Gasteiger partial charge in [-0.05, 0) is 81.4 Å². The number of nitrogens with one attached hydrogen (secondary N) is 2. The predicted molar refractivity (Wildman–Crippen MR) is 107 cm³/mol. The number of carbonyl (C=O) groups excluding carboxylic acids is 1. The number of ether oxygens (including phenoxy) is 1. The summed E-state index contributed by atoms with van der Waals surface area (Å²) >= 11 is 0. The summed E-state index contributed by atoms with van der Waals surface area (Å²) in [7, 11) is 1.70. The van der Waals surface area contributed by atoms with Crippen molar-refractivity contribution in [1.29, 1.82) is 0 Å². The number of piperidine rings is 2. The van der Waals surface area contributed by atoms with Gasteiger partial charge in [0.1, 0.15) is 5.75 Å². The SMILES string of the molecule is COc1ccc(C(CNC(=O)C2CC23CCNCC3)N2CCCCC2)cc1. The van der Waals surface area contributed by atoms with Crippen LogP contribution in [0.25, 0.3) is 0 Å². The number of carbonyl (C=O) groups is 1. The summed E-state index contributed by atoms with van der Waals surface area (Å²) in [6.07, 6.45) is 7.20. The Morgan fingerprint density at radius 2 is 1.93 bits per heavy atom. The molecule has 1 amide bonds. The molecule has 0 radical (unpaired) electrons. The Morgan fingerprint density at radius 3 is 2.59 bits per heavy atom. The molecule has 4 rings (SSSR count). The highest BCUT2D eigenvalue weighted by molar-refractivity contribution is 5.82. The molecule has 2 heterocycles. The van der Waals surface area contributed by atoms with E-state index in [9.17, 15) is 4.79 Å². The number of rotatable bonds is 6. The van der Waals surface area contributed by atoms with Gasteiger partial charge in [0, 0.05) is 12.5 Å². The molecule has 2 aliphatic heterocycles. The van der Waals surface area contributed by atoms with Gasteiger partial charge in [-0.15, -0.1) is 0 Å². The van der Waals surface area contributed by atoms with Crippen LogP contribution >= 0.6 is 0 Å². The van der Waals surface area contributed by atoms with Gasteiger partial charge < -0.3 is 15.4 Å². The Labute approximate surface area is 162 Å². The topological polar surface area (TPSA) is 53.6 Å². The van der Waals surface area contributed by atoms with Crippen LogP contribution in [0.5, 0.6) is 5.75 Å². The first-order chi connectivity index (χ1) is 13.2. The third-order valence-electron chi connectivity index (χ3n) is 6.91. The first-order valence-electron chi connectivity index (χ1n) is 10.6. The molecule has 148 valence electrons. The first-order valence-corrected chi connectivity index (χ1v) is 10.6. The van der Waals surface area contributed by atoms with Gasteiger partial charge in [0.15, 0.2) is 0 Å². The minimum atomic E-state index is 0.234. The van der Waals surface area contributed by atoms with E-state index in [0.29, 0.717) is 12.0 Å². The van der Waals surface area contributed by atoms with Gasteiger partial charge in [-0.1, -0.05) is 18.6 Å². The number of likely N-dealkylation sites (tertiary alicyclic amines) is 1. The highest BCUT2D eigenvalue weighted by Gasteiger charge is 2.57. The Morgan fingerprint density at radius 1 is 1.22 bits per heavy atom. The Bertz CT molecular complexity index is 633. The van der Waals surface area contributed by atoms with Crippen molar-refractivity contribution in [3.05, 3.63) is 29.8 Å². The van der Waals surface area contributed by atoms with Crippen molar-refractivity contribution in [2.24, 2.45) is 11.3 Å². The zero-order valence-corrected chi connectivity index (χ0v) is 16.5. The first kappa shape index (κ1) is 18.8. The maximum absolute atomic E-state index is 12.8. The molecule has 1 aliphatic carbocycles. The zero-order valence-electron chi connectivity index (χ0n) is 16.5. The lowest BCUT2D eigenvalue weighted by Crippen LogP contribution is -2.41. The normalized spacial score (nSPS) is 25.7. The van der Waals surface area contributed by atoms with Gasteiger partial charge >= 0.3 is 0 Å². The molecule has 27 heavy (non-hydrogen) atoms. The van der Waals surface area contributed by atoms with E-state index < -0.39 is 0 Å². The van der Waals surface area contributed by atoms with E-state index in [-0.39, 0.29) is 17.9 Å². The number of nitrogens with zero attached hydrogens (tertiary/aromatic N) is 1. The predicted octanol–water partition coefficient (Wildman–Crippen LogP) is 2.73. The number of hydrogen-bond acceptors (Lipinski definition) is 4. The van der Waals surface area contributed by atoms with E-state index in [1.807, 2.05) is 12.1 Å². The van der Waals surface area contributed by atoms with Crippen LogP contribution in [0.15, 0.2) is 24.3 Å². The van der Waals surface area contributed by atoms with Gasteiger partial charge in [0.05, 0.1) is 13.2 Å². The number of amides is 1. The lowest BCUT2D eigenvalue weighted by molar-refractivity contribution is -0.123. The van der Waals surface area contributed by atoms with Crippen molar-refractivity contribution >= 4 is 5.91 Å². The summed E-state index contributed by atoms with van der Waals surface area (Å²) in [4.78, 5) is 15.4. The van der Waals surface area contributed by atoms with E-state index in [1.165, 1.54) is 24.8 Å². The maximum atomic E-state index is 12.8. The fraction of sp³-hybridized carbons (Fsp3) is 0.682. The molecular formula is C22H33N3O2. The Kier molecular flexibility index (Phi) is 5.69. The molecule has 1 spiro atoms. The van der Waals surface area contributed by atoms with Crippen LogP contribution in [-0.4, -0.2) is 50.6 Å². The fourth-order valence-corrected chi connectivity index (χ4v) is 5.03. The molecule has 3 aliphatic rings. The lowest BCUT2D eigenvalue weighted by atomic mass is 9.91. The molecule has 3 fully saturated rings. The monoisotopic (exact) mass is 371 g/mol. The second-order valence-electron chi connectivity index (χ2n) is 8.50. The second-order valence-corrected chi connectivity index (χ2v) is 8.50. The van der Waals surface area contributed by atoms with Gasteiger partial charge in [0.25, 0.3) is 0 Å². The molecule has 5 nitrogen and oxygen atoms in total. The van der Waals surface area contributed by atoms with E-state index in [2.05, 4.69) is 27.7 Å². The van der Waals surface area contributed by atoms with Crippen molar-refractivity contribution < 1.29 is 9.53 Å². The second kappa shape index (κ2) is 8.19. The summed E-state index contributed by atoms with van der Waals surface area (Å²) in [5.74, 6) is 1.39. The quantitative estimate of drug-likeness (QED) is 0.807. The molecule has 1 aromatic carbocycles. The average Bonchev–Trinajstić information content (AvgIpc) is 3.42. The molecule has 0 bridgehead atoms. The van der Waals surface area contributed by atoms with Crippen molar-refractivity contribution in [1.82, 2.24) is 15.5 Å². The summed E-state index contributed by atoms with van der Waals surface area (Å²) < 4.78 is 5.31. The van der Waals surface area contributed by atoms with E-state index in [4.69, 9.17) is 4.74 Å². The Hall–Kier alpha value is -1.59. The van der Waals surface area contributed by atoms with Crippen LogP contribution < -0.4 is 15.4 Å². The fourth-order valence-electron chi connectivity index (χ4n) is 5.03. The maximum Gasteiger partial charge on any atom is 0.223 e. The Balaban J connectivity index is 1.40. The molecular weight excluding hydrogens is 338 g/mol. The van der Waals surface area contributed by atoms with Gasteiger partial charge in [0.2, 0.25) is 5.91 Å². The van der Waals surface area contributed by atoms with Crippen LogP contribution in [0.2, 0.25) is 0 Å². The number of benzene rings is 1. The van der Waals surface area contributed by atoms with Crippen molar-refractivity contribution in [2.75, 3.05) is 39.8 Å². The highest BCUT2D eigenvalue weighted by atomic mass is 16.5. The molecule has 2 N–H and O–H groups in total. The van der Waals surface area contributed by atoms with Crippen LogP contribution in [0.1, 0.15) is 50.1 Å². The van der Waals surface area contributed by atoms with Crippen molar-refractivity contribution in [2.45, 2.75) is 44.6 Å².